The molecule has 1 amide bonds. The molecule has 0 saturated carbocycles. The molecule has 0 radical (unpaired) electrons. The molecule has 0 heterocycles. The Morgan fingerprint density at radius 1 is 1.09 bits per heavy atom. The summed E-state index contributed by atoms with van der Waals surface area (Å²) in [6, 6.07) is 0. The molecule has 0 aliphatic carbocycles. The van der Waals surface area contributed by atoms with Crippen LogP contribution in [0.1, 0.15) is 48.5 Å². The van der Waals surface area contributed by atoms with Gasteiger partial charge in [0, 0.05) is 6.61 Å². The van der Waals surface area contributed by atoms with E-state index in [0.717, 1.165) is 0 Å². The second-order valence-electron chi connectivity index (χ2n) is 8.28. The summed E-state index contributed by atoms with van der Waals surface area (Å²) in [5, 5.41) is 2.71. The van der Waals surface area contributed by atoms with E-state index < -0.39 is 19.9 Å². The number of esters is 1. The Hall–Kier alpha value is -0.883. The van der Waals surface area contributed by atoms with Crippen LogP contribution in [0.4, 0.5) is 0 Å². The lowest BCUT2D eigenvalue weighted by Crippen LogP contribution is -2.44. The minimum atomic E-state index is -1.86. The van der Waals surface area contributed by atoms with Crippen LogP contribution in [0, 0.1) is 5.92 Å². The Morgan fingerprint density at radius 2 is 1.59 bits per heavy atom. The van der Waals surface area contributed by atoms with E-state index in [4.69, 9.17) is 9.16 Å². The van der Waals surface area contributed by atoms with Gasteiger partial charge in [0.15, 0.2) is 8.32 Å². The van der Waals surface area contributed by atoms with Crippen molar-refractivity contribution in [1.82, 2.24) is 5.32 Å². The summed E-state index contributed by atoms with van der Waals surface area (Å²) >= 11 is 0. The molecule has 0 rings (SSSR count). The summed E-state index contributed by atoms with van der Waals surface area (Å²) in [6.07, 6.45) is 0. The molecule has 0 saturated heterocycles. The summed E-state index contributed by atoms with van der Waals surface area (Å²) < 4.78 is 11.2. The van der Waals surface area contributed by atoms with Gasteiger partial charge in [-0.2, -0.15) is 0 Å². The minimum Gasteiger partial charge on any atom is -0.459 e. The van der Waals surface area contributed by atoms with Gasteiger partial charge in [-0.25, -0.2) is 0 Å². The Labute approximate surface area is 136 Å². The molecule has 0 bridgehead atoms. The molecule has 0 aromatic heterocycles. The molecule has 5 nitrogen and oxygen atoms in total. The fourth-order valence-electron chi connectivity index (χ4n) is 1.34. The van der Waals surface area contributed by atoms with Crippen LogP contribution in [0.5, 0.6) is 0 Å². The first kappa shape index (κ1) is 21.1. The SMILES string of the molecule is CC(CO[Si](C)(C)C(C)(C)C)C(=O)NCC(=O)OC(C)(C)C. The summed E-state index contributed by atoms with van der Waals surface area (Å²) in [4.78, 5) is 23.6. The smallest absolute Gasteiger partial charge is 0.325 e. The maximum atomic E-state index is 12.0. The normalized spacial score (nSPS) is 14.4. The Bertz CT molecular complexity index is 394. The van der Waals surface area contributed by atoms with Gasteiger partial charge in [-0.05, 0) is 38.9 Å². The van der Waals surface area contributed by atoms with Crippen LogP contribution in [0.25, 0.3) is 0 Å². The molecule has 130 valence electrons. The largest absolute Gasteiger partial charge is 0.459 e. The molecular formula is C16H33NO4Si. The van der Waals surface area contributed by atoms with Crippen molar-refractivity contribution in [1.29, 1.82) is 0 Å². The Balaban J connectivity index is 4.27. The van der Waals surface area contributed by atoms with E-state index in [1.54, 1.807) is 27.7 Å². The Kier molecular flexibility index (Phi) is 7.29. The number of carbonyl (C=O) groups is 2. The first-order valence-electron chi connectivity index (χ1n) is 7.79. The van der Waals surface area contributed by atoms with Gasteiger partial charge in [-0.15, -0.1) is 0 Å². The molecule has 1 unspecified atom stereocenters. The summed E-state index contributed by atoms with van der Waals surface area (Å²) in [7, 11) is -1.86. The van der Waals surface area contributed by atoms with E-state index in [1.807, 2.05) is 0 Å². The third-order valence-electron chi connectivity index (χ3n) is 3.77. The molecule has 0 aromatic rings. The Morgan fingerprint density at radius 3 is 2.00 bits per heavy atom. The van der Waals surface area contributed by atoms with Crippen molar-refractivity contribution >= 4 is 20.2 Å². The van der Waals surface area contributed by atoms with Crippen LogP contribution in [0.2, 0.25) is 18.1 Å². The average Bonchev–Trinajstić information content (AvgIpc) is 2.29. The van der Waals surface area contributed by atoms with Crippen LogP contribution < -0.4 is 5.32 Å². The van der Waals surface area contributed by atoms with Gasteiger partial charge in [0.2, 0.25) is 5.91 Å². The van der Waals surface area contributed by atoms with E-state index in [9.17, 15) is 9.59 Å². The first-order valence-corrected chi connectivity index (χ1v) is 10.7. The molecule has 1 N–H and O–H groups in total. The highest BCUT2D eigenvalue weighted by Crippen LogP contribution is 2.36. The highest BCUT2D eigenvalue weighted by Gasteiger charge is 2.37. The lowest BCUT2D eigenvalue weighted by molar-refractivity contribution is -0.154. The second kappa shape index (κ2) is 7.59. The zero-order valence-electron chi connectivity index (χ0n) is 15.6. The predicted molar refractivity (Wildman–Crippen MR) is 91.2 cm³/mol. The van der Waals surface area contributed by atoms with Crippen molar-refractivity contribution in [2.24, 2.45) is 5.92 Å². The number of hydrogen-bond acceptors (Lipinski definition) is 4. The number of carbonyl (C=O) groups excluding carboxylic acids is 2. The van der Waals surface area contributed by atoms with E-state index in [-0.39, 0.29) is 23.4 Å². The van der Waals surface area contributed by atoms with Crippen molar-refractivity contribution in [3.05, 3.63) is 0 Å². The lowest BCUT2D eigenvalue weighted by Gasteiger charge is -2.36. The van der Waals surface area contributed by atoms with Gasteiger partial charge >= 0.3 is 5.97 Å². The monoisotopic (exact) mass is 331 g/mol. The molecule has 0 spiro atoms. The van der Waals surface area contributed by atoms with Gasteiger partial charge in [-0.1, -0.05) is 27.7 Å². The lowest BCUT2D eigenvalue weighted by atomic mass is 10.2. The highest BCUT2D eigenvalue weighted by molar-refractivity contribution is 6.74. The predicted octanol–water partition coefficient (Wildman–Crippen LogP) is 3.10. The standard InChI is InChI=1S/C16H33NO4Si/c1-12(11-20-22(8,9)16(5,6)7)14(19)17-10-13(18)21-15(2,3)4/h12H,10-11H2,1-9H3,(H,17,19). The molecular weight excluding hydrogens is 298 g/mol. The molecule has 22 heavy (non-hydrogen) atoms. The quantitative estimate of drug-likeness (QED) is 0.600. The first-order chi connectivity index (χ1) is 9.66. The van der Waals surface area contributed by atoms with Crippen molar-refractivity contribution in [2.45, 2.75) is 72.2 Å². The molecule has 6 heteroatoms. The van der Waals surface area contributed by atoms with Crippen molar-refractivity contribution in [2.75, 3.05) is 13.2 Å². The van der Waals surface area contributed by atoms with Crippen LogP contribution >= 0.6 is 0 Å². The van der Waals surface area contributed by atoms with Crippen LogP contribution in [0.3, 0.4) is 0 Å². The fraction of sp³-hybridized carbons (Fsp3) is 0.875. The summed E-state index contributed by atoms with van der Waals surface area (Å²) in [6.45, 7) is 18.2. The molecule has 0 fully saturated rings. The third kappa shape index (κ3) is 7.94. The highest BCUT2D eigenvalue weighted by atomic mass is 28.4. The van der Waals surface area contributed by atoms with E-state index in [2.05, 4.69) is 39.2 Å². The van der Waals surface area contributed by atoms with Crippen LogP contribution in [0.15, 0.2) is 0 Å². The third-order valence-corrected chi connectivity index (χ3v) is 8.28. The van der Waals surface area contributed by atoms with E-state index in [1.165, 1.54) is 0 Å². The van der Waals surface area contributed by atoms with Crippen LogP contribution in [-0.2, 0) is 18.8 Å². The number of ether oxygens (including phenoxy) is 1. The van der Waals surface area contributed by atoms with Crippen molar-refractivity contribution in [3.8, 4) is 0 Å². The number of nitrogens with one attached hydrogen (secondary N) is 1. The average molecular weight is 332 g/mol. The minimum absolute atomic E-state index is 0.111. The maximum Gasteiger partial charge on any atom is 0.325 e. The van der Waals surface area contributed by atoms with Crippen molar-refractivity contribution in [3.63, 3.8) is 0 Å². The zero-order valence-corrected chi connectivity index (χ0v) is 16.6. The second-order valence-corrected chi connectivity index (χ2v) is 13.1. The van der Waals surface area contributed by atoms with Gasteiger partial charge < -0.3 is 14.5 Å². The van der Waals surface area contributed by atoms with Gasteiger partial charge in [0.25, 0.3) is 0 Å². The van der Waals surface area contributed by atoms with Crippen molar-refractivity contribution < 1.29 is 18.8 Å². The topological polar surface area (TPSA) is 64.6 Å². The van der Waals surface area contributed by atoms with E-state index in [0.29, 0.717) is 6.61 Å². The molecule has 0 aliphatic rings. The van der Waals surface area contributed by atoms with Gasteiger partial charge in [0.05, 0.1) is 5.92 Å². The number of rotatable bonds is 6. The van der Waals surface area contributed by atoms with Gasteiger partial charge in [-0.3, -0.25) is 9.59 Å². The van der Waals surface area contributed by atoms with Gasteiger partial charge in [0.1, 0.15) is 12.1 Å². The van der Waals surface area contributed by atoms with E-state index >= 15 is 0 Å². The number of hydrogen-bond donors (Lipinski definition) is 1. The molecule has 1 atom stereocenters. The summed E-state index contributed by atoms with van der Waals surface area (Å²) in [5.41, 5.74) is -0.543. The van der Waals surface area contributed by atoms with Crippen LogP contribution in [-0.4, -0.2) is 38.9 Å². The zero-order chi connectivity index (χ0) is 17.8. The maximum absolute atomic E-state index is 12.0. The summed E-state index contributed by atoms with van der Waals surface area (Å²) in [5.74, 6) is -0.917. The molecule has 0 aliphatic heterocycles. The number of amides is 1. The fourth-order valence-corrected chi connectivity index (χ4v) is 2.44. The molecule has 0 aromatic carbocycles.